The molecular formula is C23H15Cl2NO3. The molecule has 0 atom stereocenters. The lowest BCUT2D eigenvalue weighted by Gasteiger charge is -2.32. The third kappa shape index (κ3) is 3.15. The minimum atomic E-state index is -0.421. The highest BCUT2D eigenvalue weighted by Gasteiger charge is 2.26. The van der Waals surface area contributed by atoms with E-state index in [4.69, 9.17) is 32.4 Å². The van der Waals surface area contributed by atoms with Gasteiger partial charge in [0.15, 0.2) is 6.73 Å². The standard InChI is InChI=1S/C23H15Cl2NO3/c24-18-8-4-5-9-20(18)26-12-17-22-16(10-19(25)23(17)28-13-26)15(11-21(27)29-22)14-6-2-1-3-7-14/h1-11H,12-13H2. The second-order valence-corrected chi connectivity index (χ2v) is 7.63. The molecule has 4 aromatic rings. The number of rotatable bonds is 2. The second kappa shape index (κ2) is 7.14. The molecule has 5 rings (SSSR count). The fraction of sp³-hybridized carbons (Fsp3) is 0.0870. The van der Waals surface area contributed by atoms with Gasteiger partial charge in [0.05, 0.1) is 27.8 Å². The highest BCUT2D eigenvalue weighted by atomic mass is 35.5. The molecule has 0 N–H and O–H groups in total. The summed E-state index contributed by atoms with van der Waals surface area (Å²) < 4.78 is 11.6. The van der Waals surface area contributed by atoms with Gasteiger partial charge in [0.2, 0.25) is 0 Å². The zero-order valence-corrected chi connectivity index (χ0v) is 16.7. The van der Waals surface area contributed by atoms with Gasteiger partial charge in [0.1, 0.15) is 11.3 Å². The maximum absolute atomic E-state index is 12.4. The van der Waals surface area contributed by atoms with Gasteiger partial charge in [0, 0.05) is 11.5 Å². The van der Waals surface area contributed by atoms with Crippen LogP contribution in [-0.4, -0.2) is 6.73 Å². The first-order valence-electron chi connectivity index (χ1n) is 9.09. The fourth-order valence-corrected chi connectivity index (χ4v) is 4.24. The molecule has 0 unspecified atom stereocenters. The molecule has 3 aromatic carbocycles. The molecule has 0 saturated heterocycles. The lowest BCUT2D eigenvalue weighted by Crippen LogP contribution is -2.32. The largest absolute Gasteiger partial charge is 0.471 e. The molecule has 0 radical (unpaired) electrons. The number of para-hydroxylation sites is 1. The topological polar surface area (TPSA) is 42.7 Å². The van der Waals surface area contributed by atoms with Crippen molar-refractivity contribution < 1.29 is 9.15 Å². The van der Waals surface area contributed by atoms with Crippen molar-refractivity contribution >= 4 is 39.9 Å². The summed E-state index contributed by atoms with van der Waals surface area (Å²) >= 11 is 12.9. The van der Waals surface area contributed by atoms with E-state index in [1.54, 1.807) is 6.07 Å². The van der Waals surface area contributed by atoms with Crippen molar-refractivity contribution in [3.63, 3.8) is 0 Å². The smallest absolute Gasteiger partial charge is 0.336 e. The lowest BCUT2D eigenvalue weighted by atomic mass is 9.99. The molecule has 1 aliphatic heterocycles. The van der Waals surface area contributed by atoms with Crippen molar-refractivity contribution in [2.75, 3.05) is 11.6 Å². The highest BCUT2D eigenvalue weighted by molar-refractivity contribution is 6.34. The maximum atomic E-state index is 12.4. The quantitative estimate of drug-likeness (QED) is 0.364. The number of ether oxygens (including phenoxy) is 1. The normalized spacial score (nSPS) is 13.2. The first kappa shape index (κ1) is 18.1. The van der Waals surface area contributed by atoms with E-state index in [-0.39, 0.29) is 0 Å². The minimum Gasteiger partial charge on any atom is -0.471 e. The molecule has 0 amide bonds. The van der Waals surface area contributed by atoms with E-state index in [0.29, 0.717) is 34.7 Å². The molecule has 0 saturated carbocycles. The fourth-order valence-electron chi connectivity index (χ4n) is 3.71. The van der Waals surface area contributed by atoms with Crippen LogP contribution < -0.4 is 15.3 Å². The third-order valence-corrected chi connectivity index (χ3v) is 5.63. The Kier molecular flexibility index (Phi) is 4.46. The van der Waals surface area contributed by atoms with Gasteiger partial charge in [-0.1, -0.05) is 65.7 Å². The van der Waals surface area contributed by atoms with Gasteiger partial charge in [-0.2, -0.15) is 0 Å². The Labute approximate surface area is 176 Å². The molecule has 6 heteroatoms. The first-order chi connectivity index (χ1) is 14.1. The van der Waals surface area contributed by atoms with Crippen molar-refractivity contribution in [1.82, 2.24) is 0 Å². The molecule has 0 fully saturated rings. The average Bonchev–Trinajstić information content (AvgIpc) is 2.75. The van der Waals surface area contributed by atoms with Crippen LogP contribution in [0.15, 0.2) is 75.9 Å². The Morgan fingerprint density at radius 1 is 0.897 bits per heavy atom. The monoisotopic (exact) mass is 423 g/mol. The van der Waals surface area contributed by atoms with E-state index in [1.165, 1.54) is 6.07 Å². The Hall–Kier alpha value is -2.95. The van der Waals surface area contributed by atoms with Crippen LogP contribution in [0.5, 0.6) is 5.75 Å². The molecule has 0 spiro atoms. The van der Waals surface area contributed by atoms with Gasteiger partial charge in [-0.25, -0.2) is 4.79 Å². The molecule has 1 aliphatic rings. The van der Waals surface area contributed by atoms with Crippen molar-refractivity contribution in [2.24, 2.45) is 0 Å². The zero-order valence-electron chi connectivity index (χ0n) is 15.2. The molecule has 0 aliphatic carbocycles. The highest BCUT2D eigenvalue weighted by Crippen LogP contribution is 2.42. The van der Waals surface area contributed by atoms with Gasteiger partial charge < -0.3 is 14.1 Å². The number of benzene rings is 3. The molecule has 4 nitrogen and oxygen atoms in total. The van der Waals surface area contributed by atoms with Crippen LogP contribution in [0.4, 0.5) is 5.69 Å². The summed E-state index contributed by atoms with van der Waals surface area (Å²) in [5, 5.41) is 1.87. The van der Waals surface area contributed by atoms with E-state index < -0.39 is 5.63 Å². The molecule has 144 valence electrons. The van der Waals surface area contributed by atoms with Gasteiger partial charge in [-0.05, 0) is 29.3 Å². The average molecular weight is 424 g/mol. The van der Waals surface area contributed by atoms with E-state index in [0.717, 1.165) is 27.8 Å². The van der Waals surface area contributed by atoms with E-state index >= 15 is 0 Å². The summed E-state index contributed by atoms with van der Waals surface area (Å²) in [5.74, 6) is 0.538. The number of nitrogens with zero attached hydrogens (tertiary/aromatic N) is 1. The van der Waals surface area contributed by atoms with Gasteiger partial charge in [-0.15, -0.1) is 0 Å². The van der Waals surface area contributed by atoms with Crippen LogP contribution in [0.3, 0.4) is 0 Å². The van der Waals surface area contributed by atoms with Gasteiger partial charge in [0.25, 0.3) is 0 Å². The molecule has 1 aromatic heterocycles. The summed E-state index contributed by atoms with van der Waals surface area (Å²) in [6.07, 6.45) is 0. The predicted molar refractivity (Wildman–Crippen MR) is 116 cm³/mol. The SMILES string of the molecule is O=c1cc(-c2ccccc2)c2cc(Cl)c3c(c2o1)CN(c1ccccc1Cl)CO3. The molecular weight excluding hydrogens is 409 g/mol. The Morgan fingerprint density at radius 2 is 1.66 bits per heavy atom. The lowest BCUT2D eigenvalue weighted by molar-refractivity contribution is 0.289. The Morgan fingerprint density at radius 3 is 2.45 bits per heavy atom. The number of anilines is 1. The maximum Gasteiger partial charge on any atom is 0.336 e. The van der Waals surface area contributed by atoms with Crippen LogP contribution in [0.25, 0.3) is 22.1 Å². The number of fused-ring (bicyclic) bond motifs is 3. The third-order valence-electron chi connectivity index (χ3n) is 5.03. The van der Waals surface area contributed by atoms with Crippen LogP contribution >= 0.6 is 23.2 Å². The van der Waals surface area contributed by atoms with Crippen LogP contribution in [-0.2, 0) is 6.54 Å². The number of hydrogen-bond donors (Lipinski definition) is 0. The van der Waals surface area contributed by atoms with Crippen molar-refractivity contribution in [3.05, 3.63) is 92.8 Å². The molecule has 2 heterocycles. The van der Waals surface area contributed by atoms with Crippen LogP contribution in [0, 0.1) is 0 Å². The van der Waals surface area contributed by atoms with E-state index in [1.807, 2.05) is 59.5 Å². The summed E-state index contributed by atoms with van der Waals surface area (Å²) in [4.78, 5) is 14.4. The first-order valence-corrected chi connectivity index (χ1v) is 9.84. The van der Waals surface area contributed by atoms with Crippen molar-refractivity contribution in [1.29, 1.82) is 0 Å². The van der Waals surface area contributed by atoms with Crippen LogP contribution in [0.1, 0.15) is 5.56 Å². The van der Waals surface area contributed by atoms with E-state index in [2.05, 4.69) is 0 Å². The van der Waals surface area contributed by atoms with Crippen molar-refractivity contribution in [3.8, 4) is 16.9 Å². The van der Waals surface area contributed by atoms with Gasteiger partial charge in [-0.3, -0.25) is 0 Å². The summed E-state index contributed by atoms with van der Waals surface area (Å²) in [6.45, 7) is 0.752. The summed E-state index contributed by atoms with van der Waals surface area (Å²) in [5.41, 5.74) is 3.32. The minimum absolute atomic E-state index is 0.296. The Bertz CT molecular complexity index is 1280. The van der Waals surface area contributed by atoms with Gasteiger partial charge >= 0.3 is 5.63 Å². The Balaban J connectivity index is 1.73. The molecule has 29 heavy (non-hydrogen) atoms. The second-order valence-electron chi connectivity index (χ2n) is 6.81. The van der Waals surface area contributed by atoms with E-state index in [9.17, 15) is 4.79 Å². The number of hydrogen-bond acceptors (Lipinski definition) is 4. The zero-order chi connectivity index (χ0) is 20.0. The number of halogens is 2. The predicted octanol–water partition coefficient (Wildman–Crippen LogP) is 6.12. The summed E-state index contributed by atoms with van der Waals surface area (Å²) in [7, 11) is 0. The summed E-state index contributed by atoms with van der Waals surface area (Å²) in [6, 6.07) is 20.5. The van der Waals surface area contributed by atoms with Crippen molar-refractivity contribution in [2.45, 2.75) is 6.54 Å². The van der Waals surface area contributed by atoms with Crippen LogP contribution in [0.2, 0.25) is 10.0 Å². The molecule has 0 bridgehead atoms.